The fourth-order valence-corrected chi connectivity index (χ4v) is 2.81. The van der Waals surface area contributed by atoms with Gasteiger partial charge in [0.1, 0.15) is 5.39 Å². The Labute approximate surface area is 159 Å². The van der Waals surface area contributed by atoms with Gasteiger partial charge in [0.05, 0.1) is 37.5 Å². The molecule has 0 unspecified atom stereocenters. The molecular weight excluding hydrogens is 374 g/mol. The Hall–Kier alpha value is -3.07. The normalized spacial score (nSPS) is 10.8. The summed E-state index contributed by atoms with van der Waals surface area (Å²) in [5.41, 5.74) is 0.648. The molecule has 0 spiro atoms. The molecule has 0 radical (unpaired) electrons. The molecule has 3 aromatic rings. The number of aryl methyl sites for hydroxylation is 2. The van der Waals surface area contributed by atoms with Gasteiger partial charge in [-0.1, -0.05) is 11.6 Å². The molecule has 2 aromatic heterocycles. The van der Waals surface area contributed by atoms with E-state index in [1.807, 2.05) is 0 Å². The van der Waals surface area contributed by atoms with Gasteiger partial charge in [0.25, 0.3) is 5.56 Å². The zero-order chi connectivity index (χ0) is 19.6. The van der Waals surface area contributed by atoms with Crippen molar-refractivity contribution in [2.45, 2.75) is 13.0 Å². The van der Waals surface area contributed by atoms with Gasteiger partial charge in [0, 0.05) is 32.1 Å². The molecule has 0 aliphatic carbocycles. The number of hydrogen-bond acceptors (Lipinski definition) is 6. The molecule has 10 heteroatoms. The van der Waals surface area contributed by atoms with Crippen molar-refractivity contribution in [1.82, 2.24) is 19.3 Å². The van der Waals surface area contributed by atoms with Gasteiger partial charge in [-0.25, -0.2) is 4.98 Å². The van der Waals surface area contributed by atoms with Crippen LogP contribution in [0.2, 0.25) is 5.02 Å². The smallest absolute Gasteiger partial charge is 0.264 e. The quantitative estimate of drug-likeness (QED) is 0.688. The van der Waals surface area contributed by atoms with Crippen molar-refractivity contribution < 1.29 is 14.3 Å². The molecule has 1 aromatic carbocycles. The maximum absolute atomic E-state index is 12.4. The lowest BCUT2D eigenvalue weighted by Crippen LogP contribution is -2.23. The molecule has 3 rings (SSSR count). The highest BCUT2D eigenvalue weighted by Gasteiger charge is 2.13. The van der Waals surface area contributed by atoms with E-state index in [0.29, 0.717) is 33.2 Å². The second-order valence-corrected chi connectivity index (χ2v) is 6.14. The summed E-state index contributed by atoms with van der Waals surface area (Å²) in [6, 6.07) is 3.13. The molecule has 1 amide bonds. The lowest BCUT2D eigenvalue weighted by Gasteiger charge is -2.13. The molecule has 2 heterocycles. The average molecular weight is 392 g/mol. The van der Waals surface area contributed by atoms with Crippen LogP contribution in [0.15, 0.2) is 29.5 Å². The van der Waals surface area contributed by atoms with Crippen LogP contribution < -0.4 is 20.3 Å². The van der Waals surface area contributed by atoms with Crippen molar-refractivity contribution in [3.63, 3.8) is 0 Å². The number of rotatable bonds is 6. The van der Waals surface area contributed by atoms with Gasteiger partial charge < -0.3 is 14.8 Å². The number of hydrogen-bond donors (Lipinski definition) is 1. The molecule has 0 saturated heterocycles. The van der Waals surface area contributed by atoms with Crippen molar-refractivity contribution in [2.75, 3.05) is 19.5 Å². The van der Waals surface area contributed by atoms with Gasteiger partial charge in [0.15, 0.2) is 17.1 Å². The first-order valence-electron chi connectivity index (χ1n) is 8.03. The molecule has 0 bridgehead atoms. The average Bonchev–Trinajstić information content (AvgIpc) is 3.04. The fraction of sp³-hybridized carbons (Fsp3) is 0.294. The van der Waals surface area contributed by atoms with Crippen molar-refractivity contribution in [2.24, 2.45) is 7.05 Å². The SMILES string of the molecule is COc1cc(Cl)c(NC(=O)CCn2cnc3c(cnn3C)c2=O)cc1OC. The van der Waals surface area contributed by atoms with Crippen LogP contribution in [-0.2, 0) is 18.4 Å². The maximum atomic E-state index is 12.4. The zero-order valence-corrected chi connectivity index (χ0v) is 15.8. The topological polar surface area (TPSA) is 100 Å². The highest BCUT2D eigenvalue weighted by Crippen LogP contribution is 2.36. The number of ether oxygens (including phenoxy) is 2. The third-order valence-electron chi connectivity index (χ3n) is 4.05. The minimum Gasteiger partial charge on any atom is -0.493 e. The van der Waals surface area contributed by atoms with Crippen LogP contribution in [0.5, 0.6) is 11.5 Å². The number of nitrogens with zero attached hydrogens (tertiary/aromatic N) is 4. The third kappa shape index (κ3) is 3.72. The van der Waals surface area contributed by atoms with E-state index < -0.39 is 0 Å². The van der Waals surface area contributed by atoms with Gasteiger partial charge in [-0.05, 0) is 0 Å². The lowest BCUT2D eigenvalue weighted by atomic mass is 10.2. The summed E-state index contributed by atoms with van der Waals surface area (Å²) in [5.74, 6) is 0.602. The van der Waals surface area contributed by atoms with Crippen LogP contribution in [0, 0.1) is 0 Å². The van der Waals surface area contributed by atoms with Gasteiger partial charge >= 0.3 is 0 Å². The molecule has 142 valence electrons. The predicted molar refractivity (Wildman–Crippen MR) is 101 cm³/mol. The van der Waals surface area contributed by atoms with Gasteiger partial charge in [0.2, 0.25) is 5.91 Å². The number of fused-ring (bicyclic) bond motifs is 1. The van der Waals surface area contributed by atoms with Crippen LogP contribution in [-0.4, -0.2) is 39.5 Å². The number of methoxy groups -OCH3 is 2. The highest BCUT2D eigenvalue weighted by molar-refractivity contribution is 6.34. The Morgan fingerprint density at radius 1 is 1.26 bits per heavy atom. The molecule has 9 nitrogen and oxygen atoms in total. The molecule has 0 fully saturated rings. The van der Waals surface area contributed by atoms with Crippen LogP contribution in [0.25, 0.3) is 11.0 Å². The highest BCUT2D eigenvalue weighted by atomic mass is 35.5. The summed E-state index contributed by atoms with van der Waals surface area (Å²) >= 11 is 6.17. The van der Waals surface area contributed by atoms with E-state index in [2.05, 4.69) is 15.4 Å². The van der Waals surface area contributed by atoms with Crippen LogP contribution in [0.3, 0.4) is 0 Å². The third-order valence-corrected chi connectivity index (χ3v) is 4.36. The number of carbonyl (C=O) groups is 1. The molecule has 0 saturated carbocycles. The Morgan fingerprint density at radius 2 is 1.96 bits per heavy atom. The van der Waals surface area contributed by atoms with Gasteiger partial charge in [-0.2, -0.15) is 5.10 Å². The first kappa shape index (κ1) is 18.7. The Kier molecular flexibility index (Phi) is 5.31. The second kappa shape index (κ2) is 7.67. The molecule has 0 atom stereocenters. The maximum Gasteiger partial charge on any atom is 0.264 e. The fourth-order valence-electron chi connectivity index (χ4n) is 2.61. The molecule has 1 N–H and O–H groups in total. The summed E-state index contributed by atoms with van der Waals surface area (Å²) in [6.45, 7) is 0.174. The number of nitrogens with one attached hydrogen (secondary N) is 1. The van der Waals surface area contributed by atoms with E-state index in [4.69, 9.17) is 21.1 Å². The van der Waals surface area contributed by atoms with Gasteiger partial charge in [-0.3, -0.25) is 18.8 Å². The number of benzene rings is 1. The van der Waals surface area contributed by atoms with Crippen molar-refractivity contribution in [3.8, 4) is 11.5 Å². The van der Waals surface area contributed by atoms with E-state index >= 15 is 0 Å². The van der Waals surface area contributed by atoms with E-state index in [9.17, 15) is 9.59 Å². The van der Waals surface area contributed by atoms with Crippen molar-refractivity contribution in [3.05, 3.63) is 40.0 Å². The molecular formula is C17H18ClN5O4. The Balaban J connectivity index is 1.72. The van der Waals surface area contributed by atoms with E-state index in [1.54, 1.807) is 19.2 Å². The number of carbonyl (C=O) groups excluding carboxylic acids is 1. The van der Waals surface area contributed by atoms with Crippen molar-refractivity contribution in [1.29, 1.82) is 0 Å². The number of amides is 1. The lowest BCUT2D eigenvalue weighted by molar-refractivity contribution is -0.116. The first-order valence-corrected chi connectivity index (χ1v) is 8.41. The summed E-state index contributed by atoms with van der Waals surface area (Å²) in [7, 11) is 4.70. The van der Waals surface area contributed by atoms with E-state index in [1.165, 1.54) is 36.0 Å². The monoisotopic (exact) mass is 391 g/mol. The van der Waals surface area contributed by atoms with Crippen LogP contribution in [0.1, 0.15) is 6.42 Å². The number of anilines is 1. The standard InChI is InChI=1S/C17H18ClN5O4/c1-22-16-10(8-20-22)17(25)23(9-19-16)5-4-15(24)21-12-7-14(27-3)13(26-2)6-11(12)18/h6-9H,4-5H2,1-3H3,(H,21,24). The molecule has 0 aliphatic heterocycles. The van der Waals surface area contributed by atoms with E-state index in [0.717, 1.165) is 0 Å². The minimum atomic E-state index is -0.303. The number of aromatic nitrogens is 4. The van der Waals surface area contributed by atoms with Crippen LogP contribution >= 0.6 is 11.6 Å². The first-order chi connectivity index (χ1) is 12.9. The van der Waals surface area contributed by atoms with Crippen LogP contribution in [0.4, 0.5) is 5.69 Å². The van der Waals surface area contributed by atoms with Crippen molar-refractivity contribution >= 4 is 34.2 Å². The van der Waals surface area contributed by atoms with Gasteiger partial charge in [-0.15, -0.1) is 0 Å². The summed E-state index contributed by atoms with van der Waals surface area (Å²) in [6.07, 6.45) is 2.94. The second-order valence-electron chi connectivity index (χ2n) is 5.73. The Morgan fingerprint density at radius 3 is 2.67 bits per heavy atom. The summed E-state index contributed by atoms with van der Waals surface area (Å²) < 4.78 is 13.3. The predicted octanol–water partition coefficient (Wildman–Crippen LogP) is 1.83. The summed E-state index contributed by atoms with van der Waals surface area (Å²) in [5, 5.41) is 7.44. The molecule has 27 heavy (non-hydrogen) atoms. The largest absolute Gasteiger partial charge is 0.493 e. The minimum absolute atomic E-state index is 0.0675. The Bertz CT molecular complexity index is 1060. The van der Waals surface area contributed by atoms with E-state index in [-0.39, 0.29) is 24.4 Å². The zero-order valence-electron chi connectivity index (χ0n) is 15.0. The summed E-state index contributed by atoms with van der Waals surface area (Å²) in [4.78, 5) is 28.9. The number of halogens is 1. The molecule has 0 aliphatic rings.